The maximum Gasteiger partial charge on any atom is 0.292 e. The Morgan fingerprint density at radius 1 is 1.56 bits per heavy atom. The number of benzene rings is 1. The molecule has 0 saturated heterocycles. The van der Waals surface area contributed by atoms with Gasteiger partial charge in [0.2, 0.25) is 5.91 Å². The van der Waals surface area contributed by atoms with Crippen LogP contribution in [0.5, 0.6) is 0 Å². The minimum atomic E-state index is -0.460. The molecule has 7 nitrogen and oxygen atoms in total. The smallest absolute Gasteiger partial charge is 0.292 e. The first-order valence-corrected chi connectivity index (χ1v) is 5.46. The molecular weight excluding hydrogens is 238 g/mol. The van der Waals surface area contributed by atoms with Gasteiger partial charge in [-0.05, 0) is 11.6 Å². The van der Waals surface area contributed by atoms with Gasteiger partial charge < -0.3 is 15.4 Å². The number of rotatable bonds is 5. The van der Waals surface area contributed by atoms with Gasteiger partial charge in [0.05, 0.1) is 18.0 Å². The second kappa shape index (κ2) is 5.01. The number of ether oxygens (including phenoxy) is 1. The summed E-state index contributed by atoms with van der Waals surface area (Å²) in [5.74, 6) is -0.145. The minimum absolute atomic E-state index is 0.0265. The second-order valence-electron chi connectivity index (χ2n) is 3.93. The monoisotopic (exact) mass is 251 g/mol. The highest BCUT2D eigenvalue weighted by Crippen LogP contribution is 2.34. The summed E-state index contributed by atoms with van der Waals surface area (Å²) in [5.41, 5.74) is 1.65. The number of amides is 1. The topological polar surface area (TPSA) is 93.5 Å². The molecule has 0 bridgehead atoms. The van der Waals surface area contributed by atoms with Crippen molar-refractivity contribution in [1.29, 1.82) is 0 Å². The SMILES string of the molecule is COCCNc1cc2c(cc1[N+](=O)[O-])CC(=O)N2. The normalized spacial score (nSPS) is 13.1. The summed E-state index contributed by atoms with van der Waals surface area (Å²) in [7, 11) is 1.55. The number of nitro groups is 1. The molecule has 0 aliphatic carbocycles. The fraction of sp³-hybridized carbons (Fsp3) is 0.364. The lowest BCUT2D eigenvalue weighted by Crippen LogP contribution is -2.09. The van der Waals surface area contributed by atoms with E-state index in [0.29, 0.717) is 30.1 Å². The maximum atomic E-state index is 11.2. The van der Waals surface area contributed by atoms with Crippen LogP contribution in [0, 0.1) is 10.1 Å². The van der Waals surface area contributed by atoms with Crippen molar-refractivity contribution in [2.24, 2.45) is 0 Å². The quantitative estimate of drug-likeness (QED) is 0.465. The van der Waals surface area contributed by atoms with Crippen molar-refractivity contribution in [3.05, 3.63) is 27.8 Å². The number of nitrogens with zero attached hydrogens (tertiary/aromatic N) is 1. The molecule has 1 heterocycles. The lowest BCUT2D eigenvalue weighted by Gasteiger charge is -2.08. The lowest BCUT2D eigenvalue weighted by atomic mass is 10.1. The van der Waals surface area contributed by atoms with Crippen LogP contribution in [-0.2, 0) is 16.0 Å². The molecule has 0 spiro atoms. The molecule has 0 fully saturated rings. The van der Waals surface area contributed by atoms with Crippen LogP contribution in [0.4, 0.5) is 17.1 Å². The van der Waals surface area contributed by atoms with Crippen LogP contribution in [-0.4, -0.2) is 31.1 Å². The van der Waals surface area contributed by atoms with Crippen LogP contribution >= 0.6 is 0 Å². The van der Waals surface area contributed by atoms with Crippen LogP contribution < -0.4 is 10.6 Å². The second-order valence-corrected chi connectivity index (χ2v) is 3.93. The number of nitro benzene ring substituents is 1. The Bertz CT molecular complexity index is 501. The van der Waals surface area contributed by atoms with E-state index in [-0.39, 0.29) is 18.0 Å². The Morgan fingerprint density at radius 3 is 3.00 bits per heavy atom. The van der Waals surface area contributed by atoms with Crippen LogP contribution in [0.25, 0.3) is 0 Å². The molecule has 0 radical (unpaired) electrons. The number of anilines is 2. The molecule has 0 unspecified atom stereocenters. The van der Waals surface area contributed by atoms with E-state index in [2.05, 4.69) is 10.6 Å². The fourth-order valence-corrected chi connectivity index (χ4v) is 1.84. The number of carbonyl (C=O) groups is 1. The number of nitrogens with one attached hydrogen (secondary N) is 2. The summed E-state index contributed by atoms with van der Waals surface area (Å²) in [4.78, 5) is 21.7. The van der Waals surface area contributed by atoms with Gasteiger partial charge in [0.1, 0.15) is 5.69 Å². The standard InChI is InChI=1S/C11H13N3O4/c1-18-3-2-12-9-6-8-7(5-11(15)13-8)4-10(9)14(16)17/h4,6,12H,2-3,5H2,1H3,(H,13,15). The number of fused-ring (bicyclic) bond motifs is 1. The van der Waals surface area contributed by atoms with Gasteiger partial charge in [-0.25, -0.2) is 0 Å². The maximum absolute atomic E-state index is 11.2. The van der Waals surface area contributed by atoms with Gasteiger partial charge in [-0.15, -0.1) is 0 Å². The van der Waals surface area contributed by atoms with Crippen molar-refractivity contribution >= 4 is 23.0 Å². The largest absolute Gasteiger partial charge is 0.383 e. The zero-order valence-electron chi connectivity index (χ0n) is 9.86. The van der Waals surface area contributed by atoms with Gasteiger partial charge in [-0.3, -0.25) is 14.9 Å². The molecule has 0 atom stereocenters. The van der Waals surface area contributed by atoms with E-state index >= 15 is 0 Å². The summed E-state index contributed by atoms with van der Waals surface area (Å²) in [6.45, 7) is 0.907. The highest BCUT2D eigenvalue weighted by Gasteiger charge is 2.24. The van der Waals surface area contributed by atoms with E-state index in [1.807, 2.05) is 0 Å². The molecule has 2 rings (SSSR count). The molecular formula is C11H13N3O4. The minimum Gasteiger partial charge on any atom is -0.383 e. The van der Waals surface area contributed by atoms with Gasteiger partial charge >= 0.3 is 0 Å². The van der Waals surface area contributed by atoms with Crippen LogP contribution in [0.15, 0.2) is 12.1 Å². The van der Waals surface area contributed by atoms with Gasteiger partial charge in [0.15, 0.2) is 0 Å². The van der Waals surface area contributed by atoms with Gasteiger partial charge in [-0.2, -0.15) is 0 Å². The van der Waals surface area contributed by atoms with E-state index in [1.165, 1.54) is 6.07 Å². The molecule has 1 amide bonds. The summed E-state index contributed by atoms with van der Waals surface area (Å²) in [6.07, 6.45) is 0.189. The molecule has 2 N–H and O–H groups in total. The predicted molar refractivity (Wildman–Crippen MR) is 65.8 cm³/mol. The van der Waals surface area contributed by atoms with Gasteiger partial charge in [0, 0.05) is 25.4 Å². The van der Waals surface area contributed by atoms with E-state index < -0.39 is 4.92 Å². The molecule has 1 aromatic carbocycles. The van der Waals surface area contributed by atoms with E-state index in [9.17, 15) is 14.9 Å². The molecule has 7 heteroatoms. The first-order chi connectivity index (χ1) is 8.61. The molecule has 0 saturated carbocycles. The zero-order chi connectivity index (χ0) is 13.1. The van der Waals surface area contributed by atoms with Crippen molar-refractivity contribution in [2.45, 2.75) is 6.42 Å². The van der Waals surface area contributed by atoms with E-state index in [4.69, 9.17) is 4.74 Å². The van der Waals surface area contributed by atoms with Crippen molar-refractivity contribution in [2.75, 3.05) is 30.9 Å². The average Bonchev–Trinajstić information content (AvgIpc) is 2.67. The van der Waals surface area contributed by atoms with E-state index in [1.54, 1.807) is 13.2 Å². The highest BCUT2D eigenvalue weighted by molar-refractivity contribution is 6.00. The third-order valence-electron chi connectivity index (χ3n) is 2.66. The van der Waals surface area contributed by atoms with Crippen molar-refractivity contribution in [3.63, 3.8) is 0 Å². The zero-order valence-corrected chi connectivity index (χ0v) is 9.86. The fourth-order valence-electron chi connectivity index (χ4n) is 1.84. The van der Waals surface area contributed by atoms with Gasteiger partial charge in [-0.1, -0.05) is 0 Å². The average molecular weight is 251 g/mol. The van der Waals surface area contributed by atoms with Crippen LogP contribution in [0.3, 0.4) is 0 Å². The Balaban J connectivity index is 2.29. The number of carbonyl (C=O) groups excluding carboxylic acids is 1. The Hall–Kier alpha value is -2.15. The first-order valence-electron chi connectivity index (χ1n) is 5.46. The number of hydrogen-bond acceptors (Lipinski definition) is 5. The Morgan fingerprint density at radius 2 is 2.33 bits per heavy atom. The molecule has 1 aromatic rings. The summed E-state index contributed by atoms with van der Waals surface area (Å²) in [6, 6.07) is 3.02. The summed E-state index contributed by atoms with van der Waals surface area (Å²) < 4.78 is 4.87. The van der Waals surface area contributed by atoms with Crippen LogP contribution in [0.2, 0.25) is 0 Å². The van der Waals surface area contributed by atoms with E-state index in [0.717, 1.165) is 0 Å². The molecule has 18 heavy (non-hydrogen) atoms. The van der Waals surface area contributed by atoms with Crippen molar-refractivity contribution in [3.8, 4) is 0 Å². The Kier molecular flexibility index (Phi) is 3.42. The van der Waals surface area contributed by atoms with Crippen molar-refractivity contribution < 1.29 is 14.5 Å². The third kappa shape index (κ3) is 2.40. The molecule has 96 valence electrons. The first kappa shape index (κ1) is 12.3. The molecule has 1 aliphatic rings. The Labute approximate surface area is 103 Å². The lowest BCUT2D eigenvalue weighted by molar-refractivity contribution is -0.384. The van der Waals surface area contributed by atoms with Crippen LogP contribution in [0.1, 0.15) is 5.56 Å². The molecule has 1 aliphatic heterocycles. The predicted octanol–water partition coefficient (Wildman–Crippen LogP) is 1.15. The highest BCUT2D eigenvalue weighted by atomic mass is 16.6. The summed E-state index contributed by atoms with van der Waals surface area (Å²) in [5, 5.41) is 16.5. The summed E-state index contributed by atoms with van der Waals surface area (Å²) >= 11 is 0. The van der Waals surface area contributed by atoms with Gasteiger partial charge in [0.25, 0.3) is 5.69 Å². The van der Waals surface area contributed by atoms with Crippen molar-refractivity contribution in [1.82, 2.24) is 0 Å². The number of hydrogen-bond donors (Lipinski definition) is 2. The molecule has 0 aromatic heterocycles. The number of methoxy groups -OCH3 is 1. The third-order valence-corrected chi connectivity index (χ3v) is 2.66.